The fourth-order valence-corrected chi connectivity index (χ4v) is 1.48. The zero-order chi connectivity index (χ0) is 7.40. The Morgan fingerprint density at radius 1 is 1.50 bits per heavy atom. The SMILES string of the molecule is CCCCN1C=CN(I)C1. The third-order valence-electron chi connectivity index (χ3n) is 1.55. The van der Waals surface area contributed by atoms with Crippen molar-refractivity contribution >= 4 is 22.9 Å². The predicted molar refractivity (Wildman–Crippen MR) is 51.5 cm³/mol. The van der Waals surface area contributed by atoms with Gasteiger partial charge in [0.15, 0.2) is 0 Å². The van der Waals surface area contributed by atoms with E-state index in [1.807, 2.05) is 0 Å². The average Bonchev–Trinajstić information content (AvgIpc) is 2.31. The molecule has 0 fully saturated rings. The van der Waals surface area contributed by atoms with Crippen LogP contribution in [0.1, 0.15) is 19.8 Å². The second kappa shape index (κ2) is 4.05. The van der Waals surface area contributed by atoms with Gasteiger partial charge in [0.1, 0.15) is 0 Å². The maximum Gasteiger partial charge on any atom is 0.0987 e. The highest BCUT2D eigenvalue weighted by Crippen LogP contribution is 2.11. The summed E-state index contributed by atoms with van der Waals surface area (Å²) in [5.74, 6) is 0. The third kappa shape index (κ3) is 2.36. The van der Waals surface area contributed by atoms with Crippen LogP contribution < -0.4 is 0 Å². The normalized spacial score (nSPS) is 17.0. The van der Waals surface area contributed by atoms with Crippen molar-refractivity contribution in [3.05, 3.63) is 12.4 Å². The van der Waals surface area contributed by atoms with E-state index in [0.717, 1.165) is 6.67 Å². The minimum Gasteiger partial charge on any atom is -0.358 e. The molecule has 0 saturated heterocycles. The molecule has 3 heteroatoms. The first-order valence-corrected chi connectivity index (χ1v) is 4.64. The molecule has 0 spiro atoms. The van der Waals surface area contributed by atoms with Crippen LogP contribution >= 0.6 is 22.9 Å². The molecule has 0 atom stereocenters. The molecule has 1 aliphatic heterocycles. The molecule has 10 heavy (non-hydrogen) atoms. The van der Waals surface area contributed by atoms with Crippen LogP contribution in [0.3, 0.4) is 0 Å². The predicted octanol–water partition coefficient (Wildman–Crippen LogP) is 2.18. The summed E-state index contributed by atoms with van der Waals surface area (Å²) < 4.78 is 2.16. The Bertz CT molecular complexity index is 125. The van der Waals surface area contributed by atoms with Crippen molar-refractivity contribution in [2.45, 2.75) is 19.8 Å². The molecule has 0 unspecified atom stereocenters. The second-order valence-electron chi connectivity index (χ2n) is 2.51. The van der Waals surface area contributed by atoms with Gasteiger partial charge < -0.3 is 8.01 Å². The van der Waals surface area contributed by atoms with Gasteiger partial charge in [-0.1, -0.05) is 13.3 Å². The molecule has 0 saturated carbocycles. The van der Waals surface area contributed by atoms with Crippen molar-refractivity contribution in [1.29, 1.82) is 0 Å². The Balaban J connectivity index is 2.14. The van der Waals surface area contributed by atoms with E-state index >= 15 is 0 Å². The van der Waals surface area contributed by atoms with Crippen LogP contribution in [0.5, 0.6) is 0 Å². The fraction of sp³-hybridized carbons (Fsp3) is 0.714. The van der Waals surface area contributed by atoms with E-state index in [0.29, 0.717) is 0 Å². The number of rotatable bonds is 3. The van der Waals surface area contributed by atoms with E-state index in [9.17, 15) is 0 Å². The Morgan fingerprint density at radius 2 is 2.30 bits per heavy atom. The lowest BCUT2D eigenvalue weighted by Crippen LogP contribution is -2.20. The molecule has 0 aliphatic carbocycles. The molecule has 0 aromatic heterocycles. The monoisotopic (exact) mass is 252 g/mol. The van der Waals surface area contributed by atoms with E-state index in [1.54, 1.807) is 0 Å². The lowest BCUT2D eigenvalue weighted by atomic mass is 10.3. The molecule has 1 heterocycles. The molecule has 0 N–H and O–H groups in total. The largest absolute Gasteiger partial charge is 0.358 e. The summed E-state index contributed by atoms with van der Waals surface area (Å²) in [6.07, 6.45) is 6.85. The average molecular weight is 252 g/mol. The van der Waals surface area contributed by atoms with Gasteiger partial charge in [0.25, 0.3) is 0 Å². The zero-order valence-electron chi connectivity index (χ0n) is 6.26. The summed E-state index contributed by atoms with van der Waals surface area (Å²) in [5.41, 5.74) is 0. The molecule has 1 rings (SSSR count). The molecule has 0 radical (unpaired) electrons. The molecule has 0 aromatic carbocycles. The molecule has 1 aliphatic rings. The molecule has 0 bridgehead atoms. The number of halogens is 1. The fourth-order valence-electron chi connectivity index (χ4n) is 0.941. The van der Waals surface area contributed by atoms with Gasteiger partial charge in [0.2, 0.25) is 0 Å². The molecule has 58 valence electrons. The van der Waals surface area contributed by atoms with Crippen LogP contribution in [-0.4, -0.2) is 21.2 Å². The van der Waals surface area contributed by atoms with Gasteiger partial charge in [-0.2, -0.15) is 0 Å². The maximum atomic E-state index is 2.33. The van der Waals surface area contributed by atoms with Gasteiger partial charge in [0, 0.05) is 18.9 Å². The van der Waals surface area contributed by atoms with Crippen LogP contribution in [0.25, 0.3) is 0 Å². The Morgan fingerprint density at radius 3 is 2.80 bits per heavy atom. The first kappa shape index (κ1) is 8.17. The zero-order valence-corrected chi connectivity index (χ0v) is 8.41. The Hall–Kier alpha value is 0.0700. The van der Waals surface area contributed by atoms with Gasteiger partial charge in [0.05, 0.1) is 29.5 Å². The maximum absolute atomic E-state index is 2.33. The quantitative estimate of drug-likeness (QED) is 0.561. The van der Waals surface area contributed by atoms with Crippen LogP contribution in [-0.2, 0) is 0 Å². The van der Waals surface area contributed by atoms with Crippen molar-refractivity contribution in [3.8, 4) is 0 Å². The van der Waals surface area contributed by atoms with Crippen molar-refractivity contribution in [3.63, 3.8) is 0 Å². The lowest BCUT2D eigenvalue weighted by Gasteiger charge is -2.15. The number of hydrogen-bond acceptors (Lipinski definition) is 2. The van der Waals surface area contributed by atoms with E-state index in [2.05, 4.69) is 50.2 Å². The van der Waals surface area contributed by atoms with Crippen molar-refractivity contribution < 1.29 is 0 Å². The highest BCUT2D eigenvalue weighted by atomic mass is 127. The van der Waals surface area contributed by atoms with E-state index in [1.165, 1.54) is 19.4 Å². The summed E-state index contributed by atoms with van der Waals surface area (Å²) >= 11 is 2.30. The van der Waals surface area contributed by atoms with Crippen molar-refractivity contribution in [2.24, 2.45) is 0 Å². The van der Waals surface area contributed by atoms with Crippen molar-refractivity contribution in [1.82, 2.24) is 8.01 Å². The molecule has 0 amide bonds. The minimum atomic E-state index is 1.06. The molecule has 0 aromatic rings. The summed E-state index contributed by atoms with van der Waals surface area (Å²) in [6.45, 7) is 4.48. The van der Waals surface area contributed by atoms with Crippen LogP contribution in [0.15, 0.2) is 12.4 Å². The standard InChI is InChI=1S/C7H13IN2/c1-2-3-4-9-5-6-10(8)7-9/h5-6H,2-4,7H2,1H3. The van der Waals surface area contributed by atoms with Crippen LogP contribution in [0, 0.1) is 0 Å². The third-order valence-corrected chi connectivity index (χ3v) is 2.18. The highest BCUT2D eigenvalue weighted by molar-refractivity contribution is 14.1. The summed E-state index contributed by atoms with van der Waals surface area (Å²) in [6, 6.07) is 0. The van der Waals surface area contributed by atoms with Crippen LogP contribution in [0.2, 0.25) is 0 Å². The van der Waals surface area contributed by atoms with Crippen LogP contribution in [0.4, 0.5) is 0 Å². The molecular weight excluding hydrogens is 239 g/mol. The van der Waals surface area contributed by atoms with E-state index in [4.69, 9.17) is 0 Å². The summed E-state index contributed by atoms with van der Waals surface area (Å²) in [7, 11) is 0. The van der Waals surface area contributed by atoms with Crippen molar-refractivity contribution in [2.75, 3.05) is 13.2 Å². The van der Waals surface area contributed by atoms with Gasteiger partial charge in [-0.25, -0.2) is 0 Å². The second-order valence-corrected chi connectivity index (χ2v) is 3.74. The Kier molecular flexibility index (Phi) is 3.31. The highest BCUT2D eigenvalue weighted by Gasteiger charge is 2.07. The van der Waals surface area contributed by atoms with Gasteiger partial charge in [-0.3, -0.25) is 0 Å². The lowest BCUT2D eigenvalue weighted by molar-refractivity contribution is 0.350. The number of unbranched alkanes of at least 4 members (excludes halogenated alkanes) is 1. The molecular formula is C7H13IN2. The first-order valence-electron chi connectivity index (χ1n) is 3.67. The smallest absolute Gasteiger partial charge is 0.0987 e. The first-order chi connectivity index (χ1) is 4.83. The number of hydrogen-bond donors (Lipinski definition) is 0. The number of nitrogens with zero attached hydrogens (tertiary/aromatic N) is 2. The summed E-state index contributed by atoms with van der Waals surface area (Å²) in [4.78, 5) is 2.33. The topological polar surface area (TPSA) is 6.48 Å². The van der Waals surface area contributed by atoms with E-state index < -0.39 is 0 Å². The van der Waals surface area contributed by atoms with Gasteiger partial charge >= 0.3 is 0 Å². The van der Waals surface area contributed by atoms with E-state index in [-0.39, 0.29) is 0 Å². The van der Waals surface area contributed by atoms with Gasteiger partial charge in [-0.05, 0) is 6.42 Å². The Labute approximate surface area is 76.4 Å². The molecule has 2 nitrogen and oxygen atoms in total. The van der Waals surface area contributed by atoms with Gasteiger partial charge in [-0.15, -0.1) is 0 Å². The summed E-state index contributed by atoms with van der Waals surface area (Å²) in [5, 5.41) is 0. The minimum absolute atomic E-state index is 1.06.